The van der Waals surface area contributed by atoms with Crippen LogP contribution >= 0.6 is 0 Å². The molecule has 0 saturated carbocycles. The number of carbonyl (C=O) groups excluding carboxylic acids is 2. The van der Waals surface area contributed by atoms with Crippen LogP contribution in [0.3, 0.4) is 0 Å². The van der Waals surface area contributed by atoms with E-state index in [0.717, 1.165) is 19.4 Å². The van der Waals surface area contributed by atoms with Crippen molar-refractivity contribution in [1.29, 1.82) is 0 Å². The van der Waals surface area contributed by atoms with Gasteiger partial charge in [-0.05, 0) is 74.7 Å². The Morgan fingerprint density at radius 1 is 1.00 bits per heavy atom. The van der Waals surface area contributed by atoms with Crippen molar-refractivity contribution >= 4 is 23.2 Å². The molecule has 0 aliphatic carbocycles. The number of benzene rings is 2. The third-order valence-electron chi connectivity index (χ3n) is 4.63. The molecule has 0 radical (unpaired) electrons. The van der Waals surface area contributed by atoms with E-state index >= 15 is 0 Å². The van der Waals surface area contributed by atoms with Gasteiger partial charge >= 0.3 is 0 Å². The lowest BCUT2D eigenvalue weighted by Crippen LogP contribution is -2.42. The van der Waals surface area contributed by atoms with Crippen LogP contribution in [0.2, 0.25) is 0 Å². The minimum Gasteiger partial charge on any atom is -0.399 e. The Balaban J connectivity index is 1.66. The first-order chi connectivity index (χ1) is 12.0. The smallest absolute Gasteiger partial charge is 0.255 e. The molecule has 1 fully saturated rings. The minimum atomic E-state index is -0.205. The summed E-state index contributed by atoms with van der Waals surface area (Å²) in [7, 11) is 0. The van der Waals surface area contributed by atoms with Gasteiger partial charge in [0.2, 0.25) is 0 Å². The summed E-state index contributed by atoms with van der Waals surface area (Å²) in [5.74, 6) is -0.146. The van der Waals surface area contributed by atoms with Gasteiger partial charge in [-0.3, -0.25) is 9.59 Å². The normalized spacial score (nSPS) is 17.2. The molecule has 2 aromatic rings. The lowest BCUT2D eigenvalue weighted by molar-refractivity contribution is 0.0635. The topological polar surface area (TPSA) is 75.4 Å². The van der Waals surface area contributed by atoms with E-state index in [1.165, 1.54) is 6.42 Å². The average molecular weight is 337 g/mol. The van der Waals surface area contributed by atoms with Gasteiger partial charge in [-0.2, -0.15) is 0 Å². The molecule has 3 N–H and O–H groups in total. The highest BCUT2D eigenvalue weighted by Gasteiger charge is 2.24. The zero-order chi connectivity index (χ0) is 17.8. The van der Waals surface area contributed by atoms with Crippen LogP contribution < -0.4 is 11.1 Å². The zero-order valence-electron chi connectivity index (χ0n) is 14.4. The Hall–Kier alpha value is -2.82. The molecule has 5 heteroatoms. The number of hydrogen-bond acceptors (Lipinski definition) is 3. The molecule has 1 saturated heterocycles. The van der Waals surface area contributed by atoms with Gasteiger partial charge in [0, 0.05) is 35.1 Å². The van der Waals surface area contributed by atoms with Gasteiger partial charge in [-0.25, -0.2) is 0 Å². The summed E-state index contributed by atoms with van der Waals surface area (Å²) >= 11 is 0. The van der Waals surface area contributed by atoms with Crippen LogP contribution in [-0.2, 0) is 0 Å². The van der Waals surface area contributed by atoms with E-state index in [9.17, 15) is 9.59 Å². The van der Waals surface area contributed by atoms with Crippen molar-refractivity contribution in [2.75, 3.05) is 17.6 Å². The molecule has 5 nitrogen and oxygen atoms in total. The monoisotopic (exact) mass is 337 g/mol. The number of nitrogens with zero attached hydrogens (tertiary/aromatic N) is 1. The van der Waals surface area contributed by atoms with E-state index in [1.807, 2.05) is 4.90 Å². The van der Waals surface area contributed by atoms with E-state index < -0.39 is 0 Å². The van der Waals surface area contributed by atoms with Gasteiger partial charge in [-0.15, -0.1) is 0 Å². The van der Waals surface area contributed by atoms with Crippen molar-refractivity contribution in [3.63, 3.8) is 0 Å². The van der Waals surface area contributed by atoms with Gasteiger partial charge in [0.25, 0.3) is 11.8 Å². The molecule has 2 aromatic carbocycles. The lowest BCUT2D eigenvalue weighted by Gasteiger charge is -2.33. The fourth-order valence-corrected chi connectivity index (χ4v) is 3.10. The van der Waals surface area contributed by atoms with Gasteiger partial charge in [0.05, 0.1) is 0 Å². The Morgan fingerprint density at radius 3 is 2.28 bits per heavy atom. The Morgan fingerprint density at radius 2 is 1.64 bits per heavy atom. The largest absolute Gasteiger partial charge is 0.399 e. The molecular formula is C20H23N3O2. The molecule has 0 aromatic heterocycles. The maximum atomic E-state index is 12.6. The van der Waals surface area contributed by atoms with Crippen molar-refractivity contribution < 1.29 is 9.59 Å². The van der Waals surface area contributed by atoms with Crippen LogP contribution in [0, 0.1) is 0 Å². The van der Waals surface area contributed by atoms with E-state index in [1.54, 1.807) is 48.5 Å². The average Bonchev–Trinajstić information content (AvgIpc) is 2.63. The first-order valence-electron chi connectivity index (χ1n) is 8.62. The summed E-state index contributed by atoms with van der Waals surface area (Å²) in [5.41, 5.74) is 8.09. The van der Waals surface area contributed by atoms with Crippen LogP contribution in [-0.4, -0.2) is 29.3 Å². The first kappa shape index (κ1) is 17.0. The number of rotatable bonds is 3. The number of nitrogens with two attached hydrogens (primary N) is 1. The third kappa shape index (κ3) is 3.99. The van der Waals surface area contributed by atoms with E-state index in [2.05, 4.69) is 12.2 Å². The second kappa shape index (κ2) is 7.38. The first-order valence-corrected chi connectivity index (χ1v) is 8.62. The van der Waals surface area contributed by atoms with Crippen molar-refractivity contribution in [3.05, 3.63) is 59.7 Å². The summed E-state index contributed by atoms with van der Waals surface area (Å²) in [6, 6.07) is 14.1. The van der Waals surface area contributed by atoms with Crippen LogP contribution in [0.15, 0.2) is 48.5 Å². The van der Waals surface area contributed by atoms with Gasteiger partial charge < -0.3 is 16.0 Å². The highest BCUT2D eigenvalue weighted by molar-refractivity contribution is 6.04. The maximum absolute atomic E-state index is 12.6. The van der Waals surface area contributed by atoms with Crippen molar-refractivity contribution in [2.45, 2.75) is 32.2 Å². The fourth-order valence-electron chi connectivity index (χ4n) is 3.10. The Labute approximate surface area is 147 Å². The van der Waals surface area contributed by atoms with E-state index in [0.29, 0.717) is 22.5 Å². The minimum absolute atomic E-state index is 0.0589. The molecule has 130 valence electrons. The second-order valence-electron chi connectivity index (χ2n) is 6.50. The predicted molar refractivity (Wildman–Crippen MR) is 99.6 cm³/mol. The number of nitrogens with one attached hydrogen (secondary N) is 1. The summed E-state index contributed by atoms with van der Waals surface area (Å²) < 4.78 is 0. The molecule has 1 heterocycles. The summed E-state index contributed by atoms with van der Waals surface area (Å²) in [6.07, 6.45) is 3.30. The quantitative estimate of drug-likeness (QED) is 0.841. The highest BCUT2D eigenvalue weighted by Crippen LogP contribution is 2.20. The lowest BCUT2D eigenvalue weighted by atomic mass is 10.0. The Bertz CT molecular complexity index is 754. The van der Waals surface area contributed by atoms with E-state index in [-0.39, 0.29) is 17.9 Å². The molecule has 0 spiro atoms. The summed E-state index contributed by atoms with van der Waals surface area (Å²) in [6.45, 7) is 2.91. The number of carbonyl (C=O) groups is 2. The van der Waals surface area contributed by atoms with Gasteiger partial charge in [0.1, 0.15) is 0 Å². The van der Waals surface area contributed by atoms with Crippen LogP contribution in [0.1, 0.15) is 46.9 Å². The number of anilines is 2. The molecule has 1 atom stereocenters. The second-order valence-corrected chi connectivity index (χ2v) is 6.50. The predicted octanol–water partition coefficient (Wildman–Crippen LogP) is 3.54. The number of piperidine rings is 1. The molecule has 1 unspecified atom stereocenters. The van der Waals surface area contributed by atoms with Crippen LogP contribution in [0.4, 0.5) is 11.4 Å². The highest BCUT2D eigenvalue weighted by atomic mass is 16.2. The SMILES string of the molecule is CC1CCCCN1C(=O)c1ccc(NC(=O)c2ccc(N)cc2)cc1. The molecular weight excluding hydrogens is 314 g/mol. The number of nitrogen functional groups attached to an aromatic ring is 1. The fraction of sp³-hybridized carbons (Fsp3) is 0.300. The molecule has 1 aliphatic rings. The van der Waals surface area contributed by atoms with Crippen LogP contribution in [0.5, 0.6) is 0 Å². The zero-order valence-corrected chi connectivity index (χ0v) is 14.4. The molecule has 2 amide bonds. The third-order valence-corrected chi connectivity index (χ3v) is 4.63. The number of likely N-dealkylation sites (tertiary alicyclic amines) is 1. The molecule has 3 rings (SSSR count). The summed E-state index contributed by atoms with van der Waals surface area (Å²) in [5, 5.41) is 2.83. The Kier molecular flexibility index (Phi) is 5.03. The van der Waals surface area contributed by atoms with Crippen molar-refractivity contribution in [2.24, 2.45) is 0 Å². The van der Waals surface area contributed by atoms with Crippen LogP contribution in [0.25, 0.3) is 0 Å². The number of hydrogen-bond donors (Lipinski definition) is 2. The standard InChI is InChI=1S/C20H23N3O2/c1-14-4-2-3-13-23(14)20(25)16-7-11-18(12-8-16)22-19(24)15-5-9-17(21)10-6-15/h5-12,14H,2-4,13,21H2,1H3,(H,22,24). The number of amides is 2. The van der Waals surface area contributed by atoms with Gasteiger partial charge in [-0.1, -0.05) is 0 Å². The molecule has 1 aliphatic heterocycles. The molecule has 25 heavy (non-hydrogen) atoms. The van der Waals surface area contributed by atoms with E-state index in [4.69, 9.17) is 5.73 Å². The van der Waals surface area contributed by atoms with Gasteiger partial charge in [0.15, 0.2) is 0 Å². The molecule has 0 bridgehead atoms. The summed E-state index contributed by atoms with van der Waals surface area (Å²) in [4.78, 5) is 26.8. The van der Waals surface area contributed by atoms with Crippen molar-refractivity contribution in [1.82, 2.24) is 4.90 Å². The van der Waals surface area contributed by atoms with Crippen molar-refractivity contribution in [3.8, 4) is 0 Å². The maximum Gasteiger partial charge on any atom is 0.255 e.